The van der Waals surface area contributed by atoms with Crippen LogP contribution in [0.1, 0.15) is 73.4 Å². The lowest BCUT2D eigenvalue weighted by molar-refractivity contribution is 0.186. The van der Waals surface area contributed by atoms with E-state index in [0.29, 0.717) is 0 Å². The molecule has 0 saturated heterocycles. The number of nitrogen functional groups attached to an aromatic ring is 1. The lowest BCUT2D eigenvalue weighted by Gasteiger charge is -2.45. The summed E-state index contributed by atoms with van der Waals surface area (Å²) in [5.74, 6) is 0.736. The van der Waals surface area contributed by atoms with Gasteiger partial charge in [-0.25, -0.2) is 4.68 Å². The molecule has 0 amide bonds. The van der Waals surface area contributed by atoms with E-state index in [1.165, 1.54) is 10.4 Å². The highest BCUT2D eigenvalue weighted by Crippen LogP contribution is 2.46. The fourth-order valence-corrected chi connectivity index (χ4v) is 10.4. The van der Waals surface area contributed by atoms with E-state index in [1.807, 2.05) is 4.68 Å². The number of hydrogen-bond acceptors (Lipinski definition) is 3. The van der Waals surface area contributed by atoms with Crippen molar-refractivity contribution in [1.82, 2.24) is 9.78 Å². The van der Waals surface area contributed by atoms with Crippen LogP contribution in [0.15, 0.2) is 66.7 Å². The van der Waals surface area contributed by atoms with Gasteiger partial charge < -0.3 is 10.2 Å². The van der Waals surface area contributed by atoms with Crippen molar-refractivity contribution in [3.8, 4) is 0 Å². The molecule has 1 saturated carbocycles. The third-order valence-corrected chi connectivity index (χ3v) is 12.5. The molecule has 1 fully saturated rings. The first-order valence-corrected chi connectivity index (χ1v) is 14.4. The van der Waals surface area contributed by atoms with Gasteiger partial charge in [0.1, 0.15) is 5.82 Å². The van der Waals surface area contributed by atoms with Crippen molar-refractivity contribution >= 4 is 24.5 Å². The molecule has 0 radical (unpaired) electrons. The zero-order chi connectivity index (χ0) is 24.8. The molecule has 4 rings (SSSR count). The molecule has 0 aliphatic heterocycles. The quantitative estimate of drug-likeness (QED) is 0.488. The van der Waals surface area contributed by atoms with Gasteiger partial charge in [-0.3, -0.25) is 0 Å². The molecule has 182 valence electrons. The molecular weight excluding hydrogens is 434 g/mol. The molecule has 1 aliphatic rings. The summed E-state index contributed by atoms with van der Waals surface area (Å²) in [5, 5.41) is 7.63. The predicted molar refractivity (Wildman–Crippen MR) is 145 cm³/mol. The Labute approximate surface area is 206 Å². The number of anilines is 1. The normalized spacial score (nSPS) is 21.7. The Hall–Kier alpha value is -2.37. The molecule has 2 aromatic carbocycles. The van der Waals surface area contributed by atoms with Gasteiger partial charge in [-0.05, 0) is 55.4 Å². The molecule has 1 aromatic heterocycles. The van der Waals surface area contributed by atoms with Crippen molar-refractivity contribution in [1.29, 1.82) is 0 Å². The van der Waals surface area contributed by atoms with Crippen LogP contribution in [-0.2, 0) is 15.4 Å². The zero-order valence-electron chi connectivity index (χ0n) is 21.9. The highest BCUT2D eigenvalue weighted by molar-refractivity contribution is 6.99. The molecule has 5 heteroatoms. The van der Waals surface area contributed by atoms with Crippen LogP contribution in [0.2, 0.25) is 5.04 Å². The van der Waals surface area contributed by atoms with E-state index in [2.05, 4.69) is 115 Å². The summed E-state index contributed by atoms with van der Waals surface area (Å²) in [5.41, 5.74) is 7.29. The van der Waals surface area contributed by atoms with Crippen molar-refractivity contribution in [3.63, 3.8) is 0 Å². The van der Waals surface area contributed by atoms with Gasteiger partial charge >= 0.3 is 0 Å². The zero-order valence-corrected chi connectivity index (χ0v) is 22.9. The number of nitrogens with zero attached hydrogens (tertiary/aromatic N) is 2. The Morgan fingerprint density at radius 1 is 0.941 bits per heavy atom. The molecule has 2 unspecified atom stereocenters. The molecule has 4 nitrogen and oxygen atoms in total. The maximum atomic E-state index is 7.43. The summed E-state index contributed by atoms with van der Waals surface area (Å²) in [6.45, 7) is 15.8. The van der Waals surface area contributed by atoms with Crippen LogP contribution >= 0.6 is 0 Å². The Balaban J connectivity index is 1.72. The standard InChI is InChI=1S/C29H41N3OSi/c1-27(2,3)32-26(30)20-25(31-32)29(7)19-18-22(21-29)33-34(28(4,5)6,23-14-10-8-11-15-23)24-16-12-9-13-17-24/h8-17,20,22H,18-19,21,30H2,1-7H3. The molecule has 0 spiro atoms. The van der Waals surface area contributed by atoms with Gasteiger partial charge in [0.2, 0.25) is 0 Å². The van der Waals surface area contributed by atoms with E-state index in [9.17, 15) is 0 Å². The molecule has 2 N–H and O–H groups in total. The van der Waals surface area contributed by atoms with Crippen LogP contribution in [0.5, 0.6) is 0 Å². The summed E-state index contributed by atoms with van der Waals surface area (Å²) in [6.07, 6.45) is 3.22. The number of hydrogen-bond donors (Lipinski definition) is 1. The first-order chi connectivity index (χ1) is 15.9. The second kappa shape index (κ2) is 8.69. The van der Waals surface area contributed by atoms with Crippen molar-refractivity contribution < 1.29 is 4.43 Å². The third kappa shape index (κ3) is 4.36. The van der Waals surface area contributed by atoms with Crippen LogP contribution in [0.3, 0.4) is 0 Å². The average molecular weight is 476 g/mol. The SMILES string of the molecule is CC1(c2cc(N)n(C(C)(C)C)n2)CCC(O[Si](c2ccccc2)(c2ccccc2)C(C)(C)C)C1. The third-order valence-electron chi connectivity index (χ3n) is 7.45. The molecule has 1 heterocycles. The van der Waals surface area contributed by atoms with Crippen LogP contribution < -0.4 is 16.1 Å². The highest BCUT2D eigenvalue weighted by Gasteiger charge is 2.53. The van der Waals surface area contributed by atoms with E-state index < -0.39 is 8.32 Å². The lowest BCUT2D eigenvalue weighted by Crippen LogP contribution is -2.67. The minimum Gasteiger partial charge on any atom is -0.404 e. The minimum atomic E-state index is -2.56. The molecule has 3 aromatic rings. The topological polar surface area (TPSA) is 53.1 Å². The molecule has 34 heavy (non-hydrogen) atoms. The summed E-state index contributed by atoms with van der Waals surface area (Å²) in [7, 11) is -2.56. The largest absolute Gasteiger partial charge is 0.404 e. The Kier molecular flexibility index (Phi) is 6.32. The van der Waals surface area contributed by atoms with E-state index in [4.69, 9.17) is 15.3 Å². The van der Waals surface area contributed by atoms with E-state index in [-0.39, 0.29) is 22.1 Å². The second-order valence-electron chi connectivity index (χ2n) is 12.2. The van der Waals surface area contributed by atoms with Crippen LogP contribution in [0, 0.1) is 0 Å². The van der Waals surface area contributed by atoms with Gasteiger partial charge in [-0.15, -0.1) is 0 Å². The van der Waals surface area contributed by atoms with E-state index in [1.54, 1.807) is 0 Å². The first-order valence-electron chi connectivity index (χ1n) is 12.5. The number of aromatic nitrogens is 2. The van der Waals surface area contributed by atoms with Crippen LogP contribution in [-0.4, -0.2) is 24.2 Å². The fourth-order valence-electron chi connectivity index (χ4n) is 5.69. The van der Waals surface area contributed by atoms with Crippen molar-refractivity contribution in [2.24, 2.45) is 0 Å². The Morgan fingerprint density at radius 2 is 1.47 bits per heavy atom. The van der Waals surface area contributed by atoms with Crippen molar-refractivity contribution in [2.75, 3.05) is 5.73 Å². The Bertz CT molecular complexity index is 1070. The van der Waals surface area contributed by atoms with Gasteiger partial charge in [0.25, 0.3) is 8.32 Å². The van der Waals surface area contributed by atoms with Crippen LogP contribution in [0.4, 0.5) is 5.82 Å². The van der Waals surface area contributed by atoms with Crippen molar-refractivity contribution in [3.05, 3.63) is 72.4 Å². The monoisotopic (exact) mass is 475 g/mol. The fraction of sp³-hybridized carbons (Fsp3) is 0.483. The van der Waals surface area contributed by atoms with Gasteiger partial charge in [0.15, 0.2) is 0 Å². The van der Waals surface area contributed by atoms with Gasteiger partial charge in [0.05, 0.1) is 11.2 Å². The van der Waals surface area contributed by atoms with Gasteiger partial charge in [0, 0.05) is 17.6 Å². The summed E-state index contributed by atoms with van der Waals surface area (Å²) < 4.78 is 9.39. The maximum absolute atomic E-state index is 7.43. The molecular formula is C29H41N3OSi. The lowest BCUT2D eigenvalue weighted by atomic mass is 9.85. The van der Waals surface area contributed by atoms with E-state index >= 15 is 0 Å². The predicted octanol–water partition coefficient (Wildman–Crippen LogP) is 5.61. The summed E-state index contributed by atoms with van der Waals surface area (Å²) in [4.78, 5) is 0. The summed E-state index contributed by atoms with van der Waals surface area (Å²) in [6, 6.07) is 23.9. The van der Waals surface area contributed by atoms with Gasteiger partial charge in [-0.2, -0.15) is 5.10 Å². The minimum absolute atomic E-state index is 0.0209. The molecule has 0 bridgehead atoms. The maximum Gasteiger partial charge on any atom is 0.261 e. The smallest absolute Gasteiger partial charge is 0.261 e. The first kappa shape index (κ1) is 24.7. The van der Waals surface area contributed by atoms with E-state index in [0.717, 1.165) is 30.8 Å². The number of benzene rings is 2. The summed E-state index contributed by atoms with van der Waals surface area (Å²) >= 11 is 0. The van der Waals surface area contributed by atoms with Crippen molar-refractivity contribution in [2.45, 2.75) is 89.8 Å². The highest BCUT2D eigenvalue weighted by atomic mass is 28.4. The second-order valence-corrected chi connectivity index (χ2v) is 16.5. The number of rotatable bonds is 5. The van der Waals surface area contributed by atoms with Gasteiger partial charge in [-0.1, -0.05) is 88.4 Å². The molecule has 1 aliphatic carbocycles. The van der Waals surface area contributed by atoms with Crippen LogP contribution in [0.25, 0.3) is 0 Å². The number of nitrogens with two attached hydrogens (primary N) is 1. The molecule has 2 atom stereocenters. The average Bonchev–Trinajstić information content (AvgIpc) is 3.36. The Morgan fingerprint density at radius 3 is 1.91 bits per heavy atom.